The van der Waals surface area contributed by atoms with Crippen molar-refractivity contribution in [2.24, 2.45) is 29.1 Å². The lowest BCUT2D eigenvalue weighted by atomic mass is 9.62. The van der Waals surface area contributed by atoms with Crippen molar-refractivity contribution in [1.82, 2.24) is 0 Å². The second-order valence-corrected chi connectivity index (χ2v) is 8.40. The summed E-state index contributed by atoms with van der Waals surface area (Å²) in [6.07, 6.45) is 18.4. The van der Waals surface area contributed by atoms with Crippen molar-refractivity contribution >= 4 is 0 Å². The van der Waals surface area contributed by atoms with Crippen LogP contribution in [-0.4, -0.2) is 0 Å². The van der Waals surface area contributed by atoms with E-state index in [4.69, 9.17) is 0 Å². The van der Waals surface area contributed by atoms with Gasteiger partial charge in [-0.05, 0) is 61.2 Å². The van der Waals surface area contributed by atoms with Gasteiger partial charge in [-0.25, -0.2) is 0 Å². The molecular weight excluding hydrogens is 228 g/mol. The lowest BCUT2D eigenvalue weighted by Gasteiger charge is -2.43. The molecule has 0 radical (unpaired) electrons. The van der Waals surface area contributed by atoms with E-state index in [2.05, 4.69) is 13.8 Å². The molecule has 0 aromatic carbocycles. The zero-order chi connectivity index (χ0) is 13.3. The summed E-state index contributed by atoms with van der Waals surface area (Å²) in [6.45, 7) is 5.13. The quantitative estimate of drug-likeness (QED) is 0.568. The molecule has 3 fully saturated rings. The smallest absolute Gasteiger partial charge is 0.0295 e. The molecule has 3 aliphatic rings. The fourth-order valence-corrected chi connectivity index (χ4v) is 5.94. The number of hydrogen-bond acceptors (Lipinski definition) is 0. The molecule has 3 aliphatic carbocycles. The van der Waals surface area contributed by atoms with Crippen molar-refractivity contribution < 1.29 is 0 Å². The van der Waals surface area contributed by atoms with Gasteiger partial charge in [-0.2, -0.15) is 0 Å². The molecule has 0 bridgehead atoms. The van der Waals surface area contributed by atoms with E-state index in [9.17, 15) is 0 Å². The zero-order valence-electron chi connectivity index (χ0n) is 13.3. The molecule has 3 rings (SSSR count). The van der Waals surface area contributed by atoms with Gasteiger partial charge in [0.15, 0.2) is 0 Å². The van der Waals surface area contributed by atoms with Gasteiger partial charge in [0.25, 0.3) is 0 Å². The Hall–Kier alpha value is 0. The lowest BCUT2D eigenvalue weighted by Crippen LogP contribution is -2.33. The molecule has 0 aromatic heterocycles. The molecule has 110 valence electrons. The van der Waals surface area contributed by atoms with Crippen molar-refractivity contribution in [3.8, 4) is 0 Å². The molecule has 0 aromatic rings. The van der Waals surface area contributed by atoms with Crippen LogP contribution in [0.15, 0.2) is 0 Å². The van der Waals surface area contributed by atoms with Gasteiger partial charge in [0, 0.05) is 0 Å². The zero-order valence-corrected chi connectivity index (χ0v) is 13.3. The summed E-state index contributed by atoms with van der Waals surface area (Å²) >= 11 is 0. The fourth-order valence-electron chi connectivity index (χ4n) is 5.94. The molecule has 0 heterocycles. The van der Waals surface area contributed by atoms with Gasteiger partial charge >= 0.3 is 0 Å². The Labute approximate surface area is 120 Å². The third-order valence-electron chi connectivity index (χ3n) is 7.25. The van der Waals surface area contributed by atoms with Crippen LogP contribution in [0.1, 0.15) is 90.9 Å². The number of hydrogen-bond donors (Lipinski definition) is 0. The van der Waals surface area contributed by atoms with Crippen LogP contribution in [0.4, 0.5) is 0 Å². The van der Waals surface area contributed by atoms with Crippen molar-refractivity contribution in [3.63, 3.8) is 0 Å². The van der Waals surface area contributed by atoms with Crippen LogP contribution < -0.4 is 0 Å². The van der Waals surface area contributed by atoms with Gasteiger partial charge in [-0.3, -0.25) is 0 Å². The standard InChI is InChI=1S/C19H34/c1-15-7-3-4-8-16(15)11-12-17-9-5-13-19(2)14-6-10-18(17)19/h15-18H,3-14H2,1-2H3/t15-,16?,17?,18-,19+/m0/s1. The minimum absolute atomic E-state index is 0.751. The Morgan fingerprint density at radius 2 is 1.42 bits per heavy atom. The lowest BCUT2D eigenvalue weighted by molar-refractivity contribution is 0.0751. The van der Waals surface area contributed by atoms with E-state index in [1.165, 1.54) is 51.4 Å². The fraction of sp³-hybridized carbons (Fsp3) is 1.00. The van der Waals surface area contributed by atoms with Crippen molar-refractivity contribution in [1.29, 1.82) is 0 Å². The summed E-state index contributed by atoms with van der Waals surface area (Å²) in [5.74, 6) is 4.28. The minimum atomic E-state index is 0.751. The first-order valence-corrected chi connectivity index (χ1v) is 9.19. The van der Waals surface area contributed by atoms with E-state index < -0.39 is 0 Å². The first-order valence-electron chi connectivity index (χ1n) is 9.19. The topological polar surface area (TPSA) is 0 Å². The molecule has 0 aliphatic heterocycles. The third kappa shape index (κ3) is 2.88. The predicted molar refractivity (Wildman–Crippen MR) is 83.1 cm³/mol. The molecule has 0 N–H and O–H groups in total. The molecule has 0 heteroatoms. The molecule has 0 amide bonds. The molecule has 0 nitrogen and oxygen atoms in total. The van der Waals surface area contributed by atoms with Crippen LogP contribution in [0, 0.1) is 29.1 Å². The molecular formula is C19H34. The van der Waals surface area contributed by atoms with Gasteiger partial charge in [-0.1, -0.05) is 58.8 Å². The Kier molecular flexibility index (Phi) is 4.25. The Morgan fingerprint density at radius 3 is 2.21 bits per heavy atom. The largest absolute Gasteiger partial charge is 0.0622 e. The van der Waals surface area contributed by atoms with Gasteiger partial charge in [0.2, 0.25) is 0 Å². The van der Waals surface area contributed by atoms with Crippen molar-refractivity contribution in [2.45, 2.75) is 90.9 Å². The molecule has 0 saturated heterocycles. The highest BCUT2D eigenvalue weighted by Gasteiger charge is 2.44. The molecule has 3 saturated carbocycles. The van der Waals surface area contributed by atoms with E-state index in [0.717, 1.165) is 29.1 Å². The van der Waals surface area contributed by atoms with Crippen molar-refractivity contribution in [2.75, 3.05) is 0 Å². The first kappa shape index (κ1) is 14.0. The predicted octanol–water partition coefficient (Wildman–Crippen LogP) is 6.20. The molecule has 19 heavy (non-hydrogen) atoms. The second kappa shape index (κ2) is 5.78. The highest BCUT2D eigenvalue weighted by atomic mass is 14.5. The average Bonchev–Trinajstić information content (AvgIpc) is 2.80. The van der Waals surface area contributed by atoms with Crippen LogP contribution in [-0.2, 0) is 0 Å². The van der Waals surface area contributed by atoms with Crippen LogP contribution in [0.3, 0.4) is 0 Å². The summed E-state index contributed by atoms with van der Waals surface area (Å²) < 4.78 is 0. The maximum Gasteiger partial charge on any atom is -0.0295 e. The van der Waals surface area contributed by atoms with Gasteiger partial charge in [0.1, 0.15) is 0 Å². The molecule has 2 unspecified atom stereocenters. The second-order valence-electron chi connectivity index (χ2n) is 8.40. The summed E-state index contributed by atoms with van der Waals surface area (Å²) in [5, 5.41) is 0. The summed E-state index contributed by atoms with van der Waals surface area (Å²) in [5.41, 5.74) is 0.751. The van der Waals surface area contributed by atoms with Crippen LogP contribution in [0.2, 0.25) is 0 Å². The Balaban J connectivity index is 1.54. The Morgan fingerprint density at radius 1 is 0.789 bits per heavy atom. The van der Waals surface area contributed by atoms with E-state index in [-0.39, 0.29) is 0 Å². The van der Waals surface area contributed by atoms with Crippen LogP contribution >= 0.6 is 0 Å². The van der Waals surface area contributed by atoms with Crippen LogP contribution in [0.25, 0.3) is 0 Å². The molecule has 0 spiro atoms. The number of fused-ring (bicyclic) bond motifs is 1. The van der Waals surface area contributed by atoms with E-state index in [0.29, 0.717) is 0 Å². The summed E-state index contributed by atoms with van der Waals surface area (Å²) in [4.78, 5) is 0. The minimum Gasteiger partial charge on any atom is -0.0622 e. The average molecular weight is 262 g/mol. The maximum atomic E-state index is 2.61. The monoisotopic (exact) mass is 262 g/mol. The first-order chi connectivity index (χ1) is 9.19. The highest BCUT2D eigenvalue weighted by molar-refractivity contribution is 4.95. The van der Waals surface area contributed by atoms with E-state index >= 15 is 0 Å². The molecule has 5 atom stereocenters. The SMILES string of the molecule is C[C@H]1CCCCC1CCC1CCC[C@]2(C)CCC[C@@H]12. The van der Waals surface area contributed by atoms with E-state index in [1.807, 2.05) is 0 Å². The van der Waals surface area contributed by atoms with E-state index in [1.54, 1.807) is 25.7 Å². The Bertz CT molecular complexity index is 294. The van der Waals surface area contributed by atoms with Crippen molar-refractivity contribution in [3.05, 3.63) is 0 Å². The third-order valence-corrected chi connectivity index (χ3v) is 7.25. The number of rotatable bonds is 3. The summed E-state index contributed by atoms with van der Waals surface area (Å²) in [7, 11) is 0. The maximum absolute atomic E-state index is 2.61. The highest BCUT2D eigenvalue weighted by Crippen LogP contribution is 2.55. The van der Waals surface area contributed by atoms with Gasteiger partial charge in [0.05, 0.1) is 0 Å². The van der Waals surface area contributed by atoms with Gasteiger partial charge in [-0.15, -0.1) is 0 Å². The normalized spacial score (nSPS) is 47.1. The summed E-state index contributed by atoms with van der Waals surface area (Å²) in [6, 6.07) is 0. The van der Waals surface area contributed by atoms with Crippen LogP contribution in [0.5, 0.6) is 0 Å². The van der Waals surface area contributed by atoms with Gasteiger partial charge < -0.3 is 0 Å².